The normalized spacial score (nSPS) is 11.8. The Labute approximate surface area is 164 Å². The van der Waals surface area contributed by atoms with Gasteiger partial charge in [0.1, 0.15) is 12.4 Å². The highest BCUT2D eigenvalue weighted by molar-refractivity contribution is 5.87. The Balaban J connectivity index is 0.00000261. The standard InChI is InChI=1S/C21H24N2O3.ClH/c1-2-12-22-18(13-24)16-8-10-19(21-17(16)9-11-20(25)23-21)26-14-15-6-4-3-5-7-15;/h3-11,18,22,24H,2,12-14H2,1H3,(H,23,25);1H. The topological polar surface area (TPSA) is 74.3 Å². The van der Waals surface area contributed by atoms with Crippen molar-refractivity contribution >= 4 is 23.3 Å². The van der Waals surface area contributed by atoms with Crippen molar-refractivity contribution in [1.29, 1.82) is 0 Å². The van der Waals surface area contributed by atoms with E-state index in [0.29, 0.717) is 17.9 Å². The lowest BCUT2D eigenvalue weighted by molar-refractivity contribution is 0.245. The molecule has 0 aliphatic carbocycles. The molecule has 0 saturated carbocycles. The molecule has 1 unspecified atom stereocenters. The van der Waals surface area contributed by atoms with Gasteiger partial charge in [0.15, 0.2) is 0 Å². The molecule has 2 aromatic carbocycles. The first-order valence-electron chi connectivity index (χ1n) is 8.90. The monoisotopic (exact) mass is 388 g/mol. The summed E-state index contributed by atoms with van der Waals surface area (Å²) < 4.78 is 5.96. The minimum atomic E-state index is -0.188. The number of pyridine rings is 1. The Bertz CT molecular complexity index is 912. The van der Waals surface area contributed by atoms with Gasteiger partial charge in [0.25, 0.3) is 0 Å². The van der Waals surface area contributed by atoms with Crippen molar-refractivity contribution in [3.8, 4) is 5.75 Å². The third-order valence-electron chi connectivity index (χ3n) is 4.33. The van der Waals surface area contributed by atoms with Crippen LogP contribution in [0, 0.1) is 0 Å². The van der Waals surface area contributed by atoms with E-state index in [1.165, 1.54) is 6.07 Å². The SMILES string of the molecule is CCCNC(CO)c1ccc(OCc2ccccc2)c2[nH]c(=O)ccc12.Cl. The zero-order valence-electron chi connectivity index (χ0n) is 15.3. The van der Waals surface area contributed by atoms with Gasteiger partial charge in [-0.25, -0.2) is 0 Å². The number of hydrogen-bond donors (Lipinski definition) is 3. The molecule has 0 fully saturated rings. The lowest BCUT2D eigenvalue weighted by Gasteiger charge is -2.19. The molecule has 0 spiro atoms. The summed E-state index contributed by atoms with van der Waals surface area (Å²) in [5.74, 6) is 0.623. The number of benzene rings is 2. The first-order valence-corrected chi connectivity index (χ1v) is 8.90. The highest BCUT2D eigenvalue weighted by Crippen LogP contribution is 2.30. The minimum Gasteiger partial charge on any atom is -0.487 e. The predicted octanol–water partition coefficient (Wildman–Crippen LogP) is 3.56. The quantitative estimate of drug-likeness (QED) is 0.551. The van der Waals surface area contributed by atoms with Gasteiger partial charge in [-0.05, 0) is 36.2 Å². The van der Waals surface area contributed by atoms with Gasteiger partial charge in [0, 0.05) is 11.5 Å². The van der Waals surface area contributed by atoms with Gasteiger partial charge in [-0.15, -0.1) is 12.4 Å². The van der Waals surface area contributed by atoms with E-state index in [2.05, 4.69) is 17.2 Å². The van der Waals surface area contributed by atoms with Gasteiger partial charge in [-0.2, -0.15) is 0 Å². The molecule has 3 N–H and O–H groups in total. The van der Waals surface area contributed by atoms with Gasteiger partial charge in [0.05, 0.1) is 18.2 Å². The van der Waals surface area contributed by atoms with Crippen molar-refractivity contribution in [2.75, 3.05) is 13.2 Å². The van der Waals surface area contributed by atoms with E-state index in [-0.39, 0.29) is 30.6 Å². The molecular weight excluding hydrogens is 364 g/mol. The first-order chi connectivity index (χ1) is 12.7. The predicted molar refractivity (Wildman–Crippen MR) is 111 cm³/mol. The molecule has 0 bridgehead atoms. The van der Waals surface area contributed by atoms with Crippen LogP contribution in [0.4, 0.5) is 0 Å². The highest BCUT2D eigenvalue weighted by atomic mass is 35.5. The summed E-state index contributed by atoms with van der Waals surface area (Å²) in [6, 6.07) is 16.8. The van der Waals surface area contributed by atoms with Crippen molar-refractivity contribution in [3.05, 3.63) is 76.1 Å². The highest BCUT2D eigenvalue weighted by Gasteiger charge is 2.16. The Morgan fingerprint density at radius 1 is 1.11 bits per heavy atom. The number of aromatic amines is 1. The van der Waals surface area contributed by atoms with Crippen LogP contribution in [-0.2, 0) is 6.61 Å². The lowest BCUT2D eigenvalue weighted by atomic mass is 10.0. The second-order valence-electron chi connectivity index (χ2n) is 6.23. The summed E-state index contributed by atoms with van der Waals surface area (Å²) in [5.41, 5.74) is 2.48. The molecule has 5 nitrogen and oxygen atoms in total. The minimum absolute atomic E-state index is 0. The fraction of sp³-hybridized carbons (Fsp3) is 0.286. The van der Waals surface area contributed by atoms with Crippen LogP contribution >= 0.6 is 12.4 Å². The largest absolute Gasteiger partial charge is 0.487 e. The number of H-pyrrole nitrogens is 1. The van der Waals surface area contributed by atoms with Crippen LogP contribution in [0.25, 0.3) is 10.9 Å². The maximum Gasteiger partial charge on any atom is 0.248 e. The molecule has 0 aliphatic heterocycles. The second-order valence-corrected chi connectivity index (χ2v) is 6.23. The number of nitrogens with one attached hydrogen (secondary N) is 2. The molecule has 1 atom stereocenters. The van der Waals surface area contributed by atoms with Crippen molar-refractivity contribution in [3.63, 3.8) is 0 Å². The summed E-state index contributed by atoms with van der Waals surface area (Å²) in [4.78, 5) is 14.7. The smallest absolute Gasteiger partial charge is 0.248 e. The fourth-order valence-electron chi connectivity index (χ4n) is 3.00. The summed E-state index contributed by atoms with van der Waals surface area (Å²) in [6.07, 6.45) is 0.976. The molecule has 1 aromatic heterocycles. The number of rotatable bonds is 8. The third kappa shape index (κ3) is 5.10. The Kier molecular flexibility index (Phi) is 7.85. The van der Waals surface area contributed by atoms with E-state index >= 15 is 0 Å². The van der Waals surface area contributed by atoms with E-state index in [4.69, 9.17) is 4.74 Å². The molecule has 0 saturated heterocycles. The molecular formula is C21H25ClN2O3. The maximum absolute atomic E-state index is 11.9. The van der Waals surface area contributed by atoms with Crippen LogP contribution in [0.5, 0.6) is 5.75 Å². The number of ether oxygens (including phenoxy) is 1. The molecule has 144 valence electrons. The number of aliphatic hydroxyl groups excluding tert-OH is 1. The van der Waals surface area contributed by atoms with E-state index < -0.39 is 0 Å². The van der Waals surface area contributed by atoms with Crippen molar-refractivity contribution < 1.29 is 9.84 Å². The molecule has 0 radical (unpaired) electrons. The molecule has 27 heavy (non-hydrogen) atoms. The Morgan fingerprint density at radius 2 is 1.89 bits per heavy atom. The number of aliphatic hydroxyl groups is 1. The van der Waals surface area contributed by atoms with Crippen LogP contribution in [-0.4, -0.2) is 23.2 Å². The van der Waals surface area contributed by atoms with E-state index in [1.807, 2.05) is 42.5 Å². The number of aromatic nitrogens is 1. The lowest BCUT2D eigenvalue weighted by Crippen LogP contribution is -2.25. The summed E-state index contributed by atoms with van der Waals surface area (Å²) in [5, 5.41) is 14.0. The first kappa shape index (κ1) is 21.0. The van der Waals surface area contributed by atoms with Gasteiger partial charge < -0.3 is 20.1 Å². The van der Waals surface area contributed by atoms with Gasteiger partial charge in [-0.3, -0.25) is 4.79 Å². The molecule has 0 amide bonds. The van der Waals surface area contributed by atoms with E-state index in [9.17, 15) is 9.90 Å². The Morgan fingerprint density at radius 3 is 2.59 bits per heavy atom. The molecule has 1 heterocycles. The van der Waals surface area contributed by atoms with E-state index in [0.717, 1.165) is 29.5 Å². The van der Waals surface area contributed by atoms with Gasteiger partial charge in [0.2, 0.25) is 5.56 Å². The van der Waals surface area contributed by atoms with Crippen LogP contribution in [0.2, 0.25) is 0 Å². The van der Waals surface area contributed by atoms with E-state index in [1.54, 1.807) is 6.07 Å². The zero-order valence-corrected chi connectivity index (χ0v) is 16.1. The van der Waals surface area contributed by atoms with Crippen molar-refractivity contribution in [1.82, 2.24) is 10.3 Å². The van der Waals surface area contributed by atoms with Crippen molar-refractivity contribution in [2.45, 2.75) is 26.0 Å². The third-order valence-corrected chi connectivity index (χ3v) is 4.33. The molecule has 6 heteroatoms. The van der Waals surface area contributed by atoms with Gasteiger partial charge >= 0.3 is 0 Å². The average Bonchev–Trinajstić information content (AvgIpc) is 2.68. The molecule has 0 aliphatic rings. The zero-order chi connectivity index (χ0) is 18.4. The second kappa shape index (κ2) is 10.1. The molecule has 3 rings (SSSR count). The summed E-state index contributed by atoms with van der Waals surface area (Å²) in [6.45, 7) is 3.29. The number of hydrogen-bond acceptors (Lipinski definition) is 4. The van der Waals surface area contributed by atoms with Crippen molar-refractivity contribution in [2.24, 2.45) is 0 Å². The fourth-order valence-corrected chi connectivity index (χ4v) is 3.00. The van der Waals surface area contributed by atoms with Crippen LogP contribution in [0.15, 0.2) is 59.4 Å². The number of fused-ring (bicyclic) bond motifs is 1. The average molecular weight is 389 g/mol. The molecule has 3 aromatic rings. The number of halogens is 1. The maximum atomic E-state index is 11.9. The van der Waals surface area contributed by atoms with Crippen LogP contribution in [0.3, 0.4) is 0 Å². The Hall–Kier alpha value is -2.34. The summed E-state index contributed by atoms with van der Waals surface area (Å²) in [7, 11) is 0. The van der Waals surface area contributed by atoms with Gasteiger partial charge in [-0.1, -0.05) is 43.3 Å². The summed E-state index contributed by atoms with van der Waals surface area (Å²) >= 11 is 0. The van der Waals surface area contributed by atoms with Crippen LogP contribution < -0.4 is 15.6 Å². The van der Waals surface area contributed by atoms with Crippen LogP contribution in [0.1, 0.15) is 30.5 Å².